The Labute approximate surface area is 155 Å². The van der Waals surface area contributed by atoms with Crippen LogP contribution in [0.5, 0.6) is 0 Å². The van der Waals surface area contributed by atoms with Crippen LogP contribution in [0.4, 0.5) is 0 Å². The molecule has 3 rings (SSSR count). The largest absolute Gasteiger partial charge is 0.309 e. The number of fused-ring (bicyclic) bond motifs is 1. The molecule has 0 aliphatic carbocycles. The normalized spacial score (nSPS) is 12.8. The third kappa shape index (κ3) is 3.01. The zero-order valence-corrected chi connectivity index (χ0v) is 16.5. The number of hydrogen-bond acceptors (Lipinski definition) is 2. The highest BCUT2D eigenvalue weighted by molar-refractivity contribution is 14.1. The summed E-state index contributed by atoms with van der Waals surface area (Å²) < 4.78 is 3.50. The monoisotopic (exact) mass is 491 g/mol. The van der Waals surface area contributed by atoms with E-state index in [1.165, 1.54) is 21.2 Å². The average molecular weight is 493 g/mol. The van der Waals surface area contributed by atoms with Crippen molar-refractivity contribution in [2.75, 3.05) is 7.05 Å². The van der Waals surface area contributed by atoms with Gasteiger partial charge in [0, 0.05) is 12.7 Å². The second-order valence-electron chi connectivity index (χ2n) is 4.70. The van der Waals surface area contributed by atoms with Gasteiger partial charge in [-0.15, -0.1) is 11.3 Å². The number of hydrogen-bond donors (Lipinski definition) is 1. The van der Waals surface area contributed by atoms with E-state index in [4.69, 9.17) is 11.6 Å². The van der Waals surface area contributed by atoms with Crippen LogP contribution in [0.1, 0.15) is 17.2 Å². The van der Waals surface area contributed by atoms with E-state index in [0.717, 1.165) is 13.1 Å². The minimum absolute atomic E-state index is 0.141. The van der Waals surface area contributed by atoms with Crippen molar-refractivity contribution in [2.24, 2.45) is 0 Å². The molecule has 5 heteroatoms. The Bertz CT molecular complexity index is 802. The molecular weight excluding hydrogens is 481 g/mol. The van der Waals surface area contributed by atoms with E-state index in [1.54, 1.807) is 11.3 Å². The topological polar surface area (TPSA) is 12.0 Å². The fourth-order valence-corrected chi connectivity index (χ4v) is 4.63. The van der Waals surface area contributed by atoms with Crippen LogP contribution in [0.15, 0.2) is 46.3 Å². The van der Waals surface area contributed by atoms with E-state index < -0.39 is 0 Å². The lowest BCUT2D eigenvalue weighted by Crippen LogP contribution is -2.17. The van der Waals surface area contributed by atoms with Crippen LogP contribution in [-0.4, -0.2) is 7.05 Å². The molecule has 108 valence electrons. The highest BCUT2D eigenvalue weighted by Gasteiger charge is 2.18. The predicted octanol–water partition coefficient (Wildman–Crippen LogP) is 6.23. The molecule has 1 unspecified atom stereocenters. The molecule has 1 atom stereocenters. The number of benzene rings is 2. The molecule has 21 heavy (non-hydrogen) atoms. The van der Waals surface area contributed by atoms with E-state index in [2.05, 4.69) is 79.5 Å². The van der Waals surface area contributed by atoms with Crippen molar-refractivity contribution >= 4 is 71.5 Å². The van der Waals surface area contributed by atoms with Gasteiger partial charge in [-0.05, 0) is 85.7 Å². The van der Waals surface area contributed by atoms with Crippen LogP contribution in [-0.2, 0) is 0 Å². The first-order valence-corrected chi connectivity index (χ1v) is 9.52. The molecule has 3 aromatic rings. The van der Waals surface area contributed by atoms with Gasteiger partial charge in [0.15, 0.2) is 0 Å². The second kappa shape index (κ2) is 6.54. The Morgan fingerprint density at radius 3 is 2.81 bits per heavy atom. The van der Waals surface area contributed by atoms with E-state index in [-0.39, 0.29) is 6.04 Å². The first kappa shape index (κ1) is 15.7. The molecule has 0 aliphatic heterocycles. The van der Waals surface area contributed by atoms with Crippen molar-refractivity contribution in [3.8, 4) is 0 Å². The standard InChI is InChI=1S/C16H12BrClINS/c1-20-15(9-5-6-14(19)13(18)7-9)11-8-21-16-10(11)3-2-4-12(16)17/h2-8,15,20H,1H3. The Balaban J connectivity index is 2.14. The van der Waals surface area contributed by atoms with E-state index in [1.807, 2.05) is 13.1 Å². The van der Waals surface area contributed by atoms with Crippen LogP contribution in [0.2, 0.25) is 5.02 Å². The first-order valence-electron chi connectivity index (χ1n) is 6.39. The number of halogens is 3. The molecule has 1 aromatic heterocycles. The van der Waals surface area contributed by atoms with E-state index >= 15 is 0 Å². The van der Waals surface area contributed by atoms with Crippen molar-refractivity contribution in [1.29, 1.82) is 0 Å². The molecule has 0 amide bonds. The van der Waals surface area contributed by atoms with Crippen molar-refractivity contribution in [1.82, 2.24) is 5.32 Å². The van der Waals surface area contributed by atoms with Gasteiger partial charge in [0.1, 0.15) is 0 Å². The first-order chi connectivity index (χ1) is 10.1. The van der Waals surface area contributed by atoms with Gasteiger partial charge in [-0.3, -0.25) is 0 Å². The molecule has 0 saturated heterocycles. The van der Waals surface area contributed by atoms with Gasteiger partial charge < -0.3 is 5.32 Å². The lowest BCUT2D eigenvalue weighted by atomic mass is 9.98. The fraction of sp³-hybridized carbons (Fsp3) is 0.125. The smallest absolute Gasteiger partial charge is 0.0589 e. The number of thiophene rings is 1. The highest BCUT2D eigenvalue weighted by Crippen LogP contribution is 2.37. The molecule has 0 bridgehead atoms. The van der Waals surface area contributed by atoms with Gasteiger partial charge in [-0.25, -0.2) is 0 Å². The van der Waals surface area contributed by atoms with Gasteiger partial charge in [0.05, 0.1) is 11.1 Å². The van der Waals surface area contributed by atoms with Crippen LogP contribution in [0.3, 0.4) is 0 Å². The maximum Gasteiger partial charge on any atom is 0.0589 e. The van der Waals surface area contributed by atoms with Crippen molar-refractivity contribution in [3.63, 3.8) is 0 Å². The minimum Gasteiger partial charge on any atom is -0.309 e. The number of nitrogens with one attached hydrogen (secondary N) is 1. The Morgan fingerprint density at radius 2 is 2.10 bits per heavy atom. The quantitative estimate of drug-likeness (QED) is 0.428. The highest BCUT2D eigenvalue weighted by atomic mass is 127. The summed E-state index contributed by atoms with van der Waals surface area (Å²) >= 11 is 13.9. The molecule has 0 saturated carbocycles. The van der Waals surface area contributed by atoms with Crippen LogP contribution < -0.4 is 5.32 Å². The molecular formula is C16H12BrClINS. The fourth-order valence-electron chi connectivity index (χ4n) is 2.46. The Kier molecular flexibility index (Phi) is 4.90. The Hall–Kier alpha value is -0.140. The van der Waals surface area contributed by atoms with E-state index in [9.17, 15) is 0 Å². The third-order valence-electron chi connectivity index (χ3n) is 3.46. The van der Waals surface area contributed by atoms with Crippen LogP contribution in [0, 0.1) is 3.57 Å². The van der Waals surface area contributed by atoms with Gasteiger partial charge in [0.2, 0.25) is 0 Å². The molecule has 1 N–H and O–H groups in total. The van der Waals surface area contributed by atoms with Crippen LogP contribution >= 0.6 is 61.5 Å². The summed E-state index contributed by atoms with van der Waals surface area (Å²) in [5.41, 5.74) is 2.47. The molecule has 0 spiro atoms. The van der Waals surface area contributed by atoms with Gasteiger partial charge >= 0.3 is 0 Å². The summed E-state index contributed by atoms with van der Waals surface area (Å²) in [4.78, 5) is 0. The van der Waals surface area contributed by atoms with Gasteiger partial charge in [-0.1, -0.05) is 29.8 Å². The Morgan fingerprint density at radius 1 is 1.29 bits per heavy atom. The van der Waals surface area contributed by atoms with Gasteiger partial charge in [0.25, 0.3) is 0 Å². The second-order valence-corrected chi connectivity index (χ2v) is 8.01. The minimum atomic E-state index is 0.141. The number of rotatable bonds is 3. The summed E-state index contributed by atoms with van der Waals surface area (Å²) in [5, 5.41) is 7.71. The third-order valence-corrected chi connectivity index (χ3v) is 7.00. The van der Waals surface area contributed by atoms with Crippen molar-refractivity contribution in [3.05, 3.63) is 66.0 Å². The van der Waals surface area contributed by atoms with E-state index in [0.29, 0.717) is 0 Å². The average Bonchev–Trinajstić information content (AvgIpc) is 2.89. The SMILES string of the molecule is CNC(c1ccc(I)c(Cl)c1)c1csc2c(Br)cccc12. The summed E-state index contributed by atoms with van der Waals surface area (Å²) in [6, 6.07) is 12.7. The summed E-state index contributed by atoms with van der Waals surface area (Å²) in [7, 11) is 1.98. The molecule has 1 nitrogen and oxygen atoms in total. The molecule has 0 aliphatic rings. The zero-order valence-electron chi connectivity index (χ0n) is 11.2. The van der Waals surface area contributed by atoms with Gasteiger partial charge in [-0.2, -0.15) is 0 Å². The molecule has 1 heterocycles. The lowest BCUT2D eigenvalue weighted by Gasteiger charge is -2.17. The maximum atomic E-state index is 6.28. The molecule has 0 radical (unpaired) electrons. The summed E-state index contributed by atoms with van der Waals surface area (Å²) in [5.74, 6) is 0. The van der Waals surface area contributed by atoms with Crippen LogP contribution in [0.25, 0.3) is 10.1 Å². The lowest BCUT2D eigenvalue weighted by molar-refractivity contribution is 0.698. The predicted molar refractivity (Wildman–Crippen MR) is 105 cm³/mol. The van der Waals surface area contributed by atoms with Crippen molar-refractivity contribution in [2.45, 2.75) is 6.04 Å². The summed E-state index contributed by atoms with van der Waals surface area (Å²) in [6.45, 7) is 0. The summed E-state index contributed by atoms with van der Waals surface area (Å²) in [6.07, 6.45) is 0. The maximum absolute atomic E-state index is 6.28. The zero-order chi connectivity index (χ0) is 15.0. The molecule has 0 fully saturated rings. The molecule has 2 aromatic carbocycles. The van der Waals surface area contributed by atoms with Crippen molar-refractivity contribution < 1.29 is 0 Å².